The number of carbonyl (C=O) groups is 1. The topological polar surface area (TPSA) is 42.0 Å². The minimum atomic E-state index is -0.484. The molecule has 2 aromatic rings. The van der Waals surface area contributed by atoms with Gasteiger partial charge in [0.05, 0.1) is 5.41 Å². The second-order valence-electron chi connectivity index (χ2n) is 6.92. The highest BCUT2D eigenvalue weighted by Crippen LogP contribution is 2.23. The first kappa shape index (κ1) is 17.2. The number of hydrogen-bond donors (Lipinski definition) is 1. The summed E-state index contributed by atoms with van der Waals surface area (Å²) in [7, 11) is 0. The van der Waals surface area contributed by atoms with Crippen LogP contribution in [0.5, 0.6) is 0 Å². The summed E-state index contributed by atoms with van der Waals surface area (Å²) in [6.07, 6.45) is 4.87. The highest BCUT2D eigenvalue weighted by Gasteiger charge is 2.20. The molecule has 1 heterocycles. The molecule has 0 bridgehead atoms. The minimum Gasteiger partial charge on any atom is -0.348 e. The molecule has 128 valence electrons. The standard InChI is InChI=1S/C21H21FN2O/c1-21(2,16-5-3-6-17(22)13-16)12-11-15-9-10-19(23-14-15)20(25)24-18-7-4-8-18/h3,5-6,9-10,13-14,18H,4,7-8H2,1-2H3,(H,24,25). The third kappa shape index (κ3) is 4.24. The Balaban J connectivity index is 1.71. The van der Waals surface area contributed by atoms with Gasteiger partial charge < -0.3 is 5.32 Å². The molecule has 0 saturated heterocycles. The van der Waals surface area contributed by atoms with Crippen LogP contribution in [0, 0.1) is 17.7 Å². The molecule has 1 N–H and O–H groups in total. The van der Waals surface area contributed by atoms with Crippen LogP contribution >= 0.6 is 0 Å². The number of pyridine rings is 1. The Morgan fingerprint density at radius 1 is 1.28 bits per heavy atom. The normalized spacial score (nSPS) is 14.2. The number of rotatable bonds is 3. The van der Waals surface area contributed by atoms with Crippen molar-refractivity contribution in [2.45, 2.75) is 44.6 Å². The highest BCUT2D eigenvalue weighted by atomic mass is 19.1. The number of halogens is 1. The largest absolute Gasteiger partial charge is 0.348 e. The summed E-state index contributed by atoms with van der Waals surface area (Å²) >= 11 is 0. The Hall–Kier alpha value is -2.67. The SMILES string of the molecule is CC(C)(C#Cc1ccc(C(=O)NC2CCC2)nc1)c1cccc(F)c1. The Bertz CT molecular complexity index is 827. The van der Waals surface area contributed by atoms with Gasteiger partial charge in [0.25, 0.3) is 5.91 Å². The fourth-order valence-electron chi connectivity index (χ4n) is 2.59. The third-order valence-electron chi connectivity index (χ3n) is 4.50. The number of aromatic nitrogens is 1. The number of nitrogens with one attached hydrogen (secondary N) is 1. The summed E-state index contributed by atoms with van der Waals surface area (Å²) in [6.45, 7) is 3.89. The Labute approximate surface area is 147 Å². The average molecular weight is 336 g/mol. The molecule has 0 unspecified atom stereocenters. The van der Waals surface area contributed by atoms with Gasteiger partial charge in [-0.2, -0.15) is 0 Å². The molecule has 1 fully saturated rings. The van der Waals surface area contributed by atoms with Crippen molar-refractivity contribution in [1.29, 1.82) is 0 Å². The van der Waals surface area contributed by atoms with Gasteiger partial charge in [0.1, 0.15) is 11.5 Å². The predicted octanol–water partition coefficient (Wildman–Crippen LogP) is 3.83. The van der Waals surface area contributed by atoms with Gasteiger partial charge in [-0.15, -0.1) is 0 Å². The van der Waals surface area contributed by atoms with Crippen LogP contribution in [0.4, 0.5) is 4.39 Å². The summed E-state index contributed by atoms with van der Waals surface area (Å²) in [5, 5.41) is 2.96. The first-order valence-corrected chi connectivity index (χ1v) is 8.50. The van der Waals surface area contributed by atoms with E-state index < -0.39 is 5.41 Å². The van der Waals surface area contributed by atoms with E-state index in [4.69, 9.17) is 0 Å². The van der Waals surface area contributed by atoms with E-state index in [1.54, 1.807) is 24.4 Å². The second-order valence-corrected chi connectivity index (χ2v) is 6.92. The average Bonchev–Trinajstić information content (AvgIpc) is 2.57. The van der Waals surface area contributed by atoms with Crippen LogP contribution in [-0.4, -0.2) is 16.9 Å². The predicted molar refractivity (Wildman–Crippen MR) is 95.6 cm³/mol. The van der Waals surface area contributed by atoms with Crippen molar-refractivity contribution in [1.82, 2.24) is 10.3 Å². The fraction of sp³-hybridized carbons (Fsp3) is 0.333. The van der Waals surface area contributed by atoms with Gasteiger partial charge in [0.2, 0.25) is 0 Å². The summed E-state index contributed by atoms with van der Waals surface area (Å²) in [5.74, 6) is 5.82. The number of hydrogen-bond acceptors (Lipinski definition) is 2. The monoisotopic (exact) mass is 336 g/mol. The second kappa shape index (κ2) is 7.06. The zero-order chi connectivity index (χ0) is 17.9. The van der Waals surface area contributed by atoms with Crippen molar-refractivity contribution in [2.75, 3.05) is 0 Å². The molecule has 1 aromatic carbocycles. The molecule has 0 atom stereocenters. The van der Waals surface area contributed by atoms with E-state index in [-0.39, 0.29) is 11.7 Å². The molecule has 3 rings (SSSR count). The van der Waals surface area contributed by atoms with Gasteiger partial charge in [-0.25, -0.2) is 9.37 Å². The maximum absolute atomic E-state index is 13.4. The van der Waals surface area contributed by atoms with Gasteiger partial charge >= 0.3 is 0 Å². The fourth-order valence-corrected chi connectivity index (χ4v) is 2.59. The Morgan fingerprint density at radius 3 is 2.68 bits per heavy atom. The molecule has 3 nitrogen and oxygen atoms in total. The van der Waals surface area contributed by atoms with Crippen LogP contribution in [0.25, 0.3) is 0 Å². The molecule has 1 aliphatic carbocycles. The van der Waals surface area contributed by atoms with Crippen molar-refractivity contribution in [3.05, 3.63) is 65.2 Å². The molecule has 1 amide bonds. The Morgan fingerprint density at radius 2 is 2.08 bits per heavy atom. The van der Waals surface area contributed by atoms with Gasteiger partial charge in [-0.1, -0.05) is 24.0 Å². The van der Waals surface area contributed by atoms with E-state index in [1.165, 1.54) is 18.6 Å². The van der Waals surface area contributed by atoms with Crippen molar-refractivity contribution in [3.8, 4) is 11.8 Å². The van der Waals surface area contributed by atoms with Gasteiger partial charge in [0.15, 0.2) is 0 Å². The summed E-state index contributed by atoms with van der Waals surface area (Å²) < 4.78 is 13.4. The van der Waals surface area contributed by atoms with Crippen LogP contribution < -0.4 is 5.32 Å². The van der Waals surface area contributed by atoms with E-state index in [2.05, 4.69) is 22.1 Å². The van der Waals surface area contributed by atoms with Crippen LogP contribution in [0.15, 0.2) is 42.6 Å². The van der Waals surface area contributed by atoms with E-state index in [9.17, 15) is 9.18 Å². The summed E-state index contributed by atoms with van der Waals surface area (Å²) in [4.78, 5) is 16.3. The summed E-state index contributed by atoms with van der Waals surface area (Å²) in [5.41, 5.74) is 1.47. The van der Waals surface area contributed by atoms with Gasteiger partial charge in [-0.05, 0) is 62.9 Å². The van der Waals surface area contributed by atoms with E-state index in [0.717, 1.165) is 24.0 Å². The lowest BCUT2D eigenvalue weighted by Crippen LogP contribution is -2.39. The zero-order valence-electron chi connectivity index (χ0n) is 14.5. The molecule has 0 aliphatic heterocycles. The molecule has 1 saturated carbocycles. The van der Waals surface area contributed by atoms with Crippen molar-refractivity contribution in [2.24, 2.45) is 0 Å². The smallest absolute Gasteiger partial charge is 0.270 e. The maximum Gasteiger partial charge on any atom is 0.270 e. The minimum absolute atomic E-state index is 0.135. The number of benzene rings is 1. The van der Waals surface area contributed by atoms with Crippen LogP contribution in [0.3, 0.4) is 0 Å². The van der Waals surface area contributed by atoms with Crippen molar-refractivity contribution in [3.63, 3.8) is 0 Å². The highest BCUT2D eigenvalue weighted by molar-refractivity contribution is 5.92. The molecule has 4 heteroatoms. The van der Waals surface area contributed by atoms with Crippen LogP contribution in [-0.2, 0) is 5.41 Å². The molecule has 0 spiro atoms. The van der Waals surface area contributed by atoms with Crippen molar-refractivity contribution >= 4 is 5.91 Å². The molecular formula is C21H21FN2O. The van der Waals surface area contributed by atoms with E-state index in [1.807, 2.05) is 19.9 Å². The molecule has 0 radical (unpaired) electrons. The quantitative estimate of drug-likeness (QED) is 0.866. The first-order chi connectivity index (χ1) is 11.9. The summed E-state index contributed by atoms with van der Waals surface area (Å²) in [6, 6.07) is 10.2. The maximum atomic E-state index is 13.4. The molecule has 25 heavy (non-hydrogen) atoms. The zero-order valence-corrected chi connectivity index (χ0v) is 14.5. The van der Waals surface area contributed by atoms with Gasteiger partial charge in [0, 0.05) is 17.8 Å². The number of nitrogens with zero attached hydrogens (tertiary/aromatic N) is 1. The number of amides is 1. The van der Waals surface area contributed by atoms with Gasteiger partial charge in [-0.3, -0.25) is 4.79 Å². The van der Waals surface area contributed by atoms with Crippen LogP contribution in [0.1, 0.15) is 54.7 Å². The third-order valence-corrected chi connectivity index (χ3v) is 4.50. The lowest BCUT2D eigenvalue weighted by molar-refractivity contribution is 0.0912. The molecular weight excluding hydrogens is 315 g/mol. The van der Waals surface area contributed by atoms with Crippen molar-refractivity contribution < 1.29 is 9.18 Å². The number of carbonyl (C=O) groups excluding carboxylic acids is 1. The molecule has 1 aromatic heterocycles. The van der Waals surface area contributed by atoms with Crippen LogP contribution in [0.2, 0.25) is 0 Å². The first-order valence-electron chi connectivity index (χ1n) is 8.50. The lowest BCUT2D eigenvalue weighted by atomic mass is 9.85. The Kier molecular flexibility index (Phi) is 4.85. The lowest BCUT2D eigenvalue weighted by Gasteiger charge is -2.26. The molecule has 1 aliphatic rings. The van der Waals surface area contributed by atoms with E-state index in [0.29, 0.717) is 11.7 Å². The van der Waals surface area contributed by atoms with E-state index >= 15 is 0 Å².